The fraction of sp³-hybridized carbons (Fsp3) is 0.211. The molecule has 0 amide bonds. The van der Waals surface area contributed by atoms with Gasteiger partial charge in [-0.25, -0.2) is 13.2 Å². The molecular weight excluding hydrogens is 380 g/mol. The van der Waals surface area contributed by atoms with E-state index in [1.165, 1.54) is 10.4 Å². The van der Waals surface area contributed by atoms with Crippen molar-refractivity contribution in [2.75, 3.05) is 31.1 Å². The summed E-state index contributed by atoms with van der Waals surface area (Å²) >= 11 is 0. The molecule has 4 rings (SSSR count). The number of carboxylic acids is 1. The lowest BCUT2D eigenvalue weighted by molar-refractivity contribution is 0.0689. The molecule has 0 bridgehead atoms. The van der Waals surface area contributed by atoms with E-state index < -0.39 is 16.0 Å². The number of anilines is 1. The van der Waals surface area contributed by atoms with E-state index in [1.54, 1.807) is 18.2 Å². The average molecular weight is 398 g/mol. The number of hydrogen-bond donors (Lipinski definition) is 1. The summed E-state index contributed by atoms with van der Waals surface area (Å²) in [6, 6.07) is 15.8. The van der Waals surface area contributed by atoms with Crippen LogP contribution in [-0.4, -0.2) is 60.2 Å². The maximum absolute atomic E-state index is 13.0. The Morgan fingerprint density at radius 1 is 0.893 bits per heavy atom. The van der Waals surface area contributed by atoms with E-state index in [9.17, 15) is 13.2 Å². The zero-order valence-corrected chi connectivity index (χ0v) is 15.7. The number of carbonyl (C=O) groups is 1. The zero-order chi connectivity index (χ0) is 19.7. The van der Waals surface area contributed by atoms with Gasteiger partial charge in [0.25, 0.3) is 0 Å². The average Bonchev–Trinajstić information content (AvgIpc) is 2.73. The normalized spacial score (nSPS) is 15.6. The second-order valence-electron chi connectivity index (χ2n) is 6.48. The minimum Gasteiger partial charge on any atom is -0.476 e. The van der Waals surface area contributed by atoms with Crippen molar-refractivity contribution in [1.82, 2.24) is 14.5 Å². The summed E-state index contributed by atoms with van der Waals surface area (Å²) in [4.78, 5) is 13.0. The number of carboxylic acid groups (broad SMARTS) is 1. The highest BCUT2D eigenvalue weighted by Crippen LogP contribution is 2.23. The molecule has 0 unspecified atom stereocenters. The Morgan fingerprint density at radius 3 is 2.25 bits per heavy atom. The number of piperazine rings is 1. The number of rotatable bonds is 4. The molecule has 2 aromatic carbocycles. The van der Waals surface area contributed by atoms with Crippen molar-refractivity contribution in [3.8, 4) is 0 Å². The summed E-state index contributed by atoms with van der Waals surface area (Å²) < 4.78 is 27.5. The maximum atomic E-state index is 13.0. The number of benzene rings is 2. The van der Waals surface area contributed by atoms with Gasteiger partial charge in [0.1, 0.15) is 0 Å². The Bertz CT molecular complexity index is 1120. The lowest BCUT2D eigenvalue weighted by atomic mass is 10.1. The third-order valence-corrected chi connectivity index (χ3v) is 6.69. The van der Waals surface area contributed by atoms with Gasteiger partial charge in [0, 0.05) is 26.2 Å². The van der Waals surface area contributed by atoms with Gasteiger partial charge in [-0.05, 0) is 35.0 Å². The first kappa shape index (κ1) is 18.3. The number of sulfonamides is 1. The van der Waals surface area contributed by atoms with Crippen LogP contribution in [0.15, 0.2) is 59.5 Å². The van der Waals surface area contributed by atoms with Crippen molar-refractivity contribution in [3.05, 3.63) is 60.3 Å². The first-order valence-corrected chi connectivity index (χ1v) is 10.2. The highest BCUT2D eigenvalue weighted by molar-refractivity contribution is 7.89. The van der Waals surface area contributed by atoms with E-state index in [1.807, 2.05) is 35.2 Å². The highest BCUT2D eigenvalue weighted by Gasteiger charge is 2.29. The smallest absolute Gasteiger partial charge is 0.356 e. The number of aromatic nitrogens is 2. The lowest BCUT2D eigenvalue weighted by Gasteiger charge is -2.34. The minimum absolute atomic E-state index is 0.124. The fourth-order valence-electron chi connectivity index (χ4n) is 3.24. The molecule has 1 aliphatic heterocycles. The van der Waals surface area contributed by atoms with E-state index >= 15 is 0 Å². The summed E-state index contributed by atoms with van der Waals surface area (Å²) in [6.07, 6.45) is 0. The van der Waals surface area contributed by atoms with Crippen LogP contribution in [0.2, 0.25) is 0 Å². The van der Waals surface area contributed by atoms with Crippen molar-refractivity contribution < 1.29 is 18.3 Å². The molecule has 1 fully saturated rings. The molecule has 9 heteroatoms. The molecule has 0 radical (unpaired) electrons. The summed E-state index contributed by atoms with van der Waals surface area (Å²) in [7, 11) is -3.58. The molecule has 8 nitrogen and oxygen atoms in total. The van der Waals surface area contributed by atoms with Crippen molar-refractivity contribution >= 4 is 32.6 Å². The molecule has 0 saturated carbocycles. The van der Waals surface area contributed by atoms with Crippen LogP contribution in [0, 0.1) is 0 Å². The lowest BCUT2D eigenvalue weighted by Crippen LogP contribution is -2.49. The molecule has 1 saturated heterocycles. The number of fused-ring (bicyclic) bond motifs is 1. The summed E-state index contributed by atoms with van der Waals surface area (Å²) in [5.74, 6) is -0.599. The number of nitrogens with zero attached hydrogens (tertiary/aromatic N) is 4. The van der Waals surface area contributed by atoms with Crippen LogP contribution >= 0.6 is 0 Å². The molecule has 28 heavy (non-hydrogen) atoms. The Kier molecular flexibility index (Phi) is 4.70. The zero-order valence-electron chi connectivity index (χ0n) is 14.9. The molecule has 144 valence electrons. The van der Waals surface area contributed by atoms with Crippen LogP contribution < -0.4 is 4.90 Å². The van der Waals surface area contributed by atoms with Crippen LogP contribution in [0.5, 0.6) is 0 Å². The monoisotopic (exact) mass is 398 g/mol. The third kappa shape index (κ3) is 3.41. The van der Waals surface area contributed by atoms with Gasteiger partial charge in [-0.15, -0.1) is 10.2 Å². The summed E-state index contributed by atoms with van der Waals surface area (Å²) in [6.45, 7) is 1.54. The number of aromatic carboxylic acids is 1. The van der Waals surface area contributed by atoms with Crippen molar-refractivity contribution in [2.45, 2.75) is 4.90 Å². The predicted octanol–water partition coefficient (Wildman–Crippen LogP) is 1.84. The topological polar surface area (TPSA) is 104 Å². The maximum Gasteiger partial charge on any atom is 0.356 e. The molecule has 1 aliphatic rings. The first-order chi connectivity index (χ1) is 13.4. The molecule has 2 heterocycles. The quantitative estimate of drug-likeness (QED) is 0.715. The van der Waals surface area contributed by atoms with Gasteiger partial charge in [0.05, 0.1) is 4.90 Å². The van der Waals surface area contributed by atoms with E-state index in [0.29, 0.717) is 32.0 Å². The molecule has 0 spiro atoms. The third-order valence-electron chi connectivity index (χ3n) is 4.79. The number of hydrogen-bond acceptors (Lipinski definition) is 6. The van der Waals surface area contributed by atoms with Gasteiger partial charge < -0.3 is 10.0 Å². The van der Waals surface area contributed by atoms with Gasteiger partial charge in [0.2, 0.25) is 10.0 Å². The Labute approximate surface area is 162 Å². The van der Waals surface area contributed by atoms with Crippen LogP contribution in [0.1, 0.15) is 10.5 Å². The van der Waals surface area contributed by atoms with Gasteiger partial charge in [0.15, 0.2) is 11.5 Å². The molecule has 1 N–H and O–H groups in total. The molecule has 0 aliphatic carbocycles. The van der Waals surface area contributed by atoms with Crippen LogP contribution in [-0.2, 0) is 10.0 Å². The Hall–Kier alpha value is -3.04. The SMILES string of the molecule is O=C(O)c1ccc(N2CCN(S(=O)(=O)c3ccc4ccccc4c3)CC2)nn1. The Morgan fingerprint density at radius 2 is 1.61 bits per heavy atom. The standard InChI is InChI=1S/C19H18N4O4S/c24-19(25)17-7-8-18(21-20-17)22-9-11-23(12-10-22)28(26,27)16-6-5-14-3-1-2-4-15(14)13-16/h1-8,13H,9-12H2,(H,24,25). The minimum atomic E-state index is -3.58. The van der Waals surface area contributed by atoms with E-state index in [2.05, 4.69) is 10.2 Å². The Balaban J connectivity index is 1.49. The van der Waals surface area contributed by atoms with Gasteiger partial charge in [-0.1, -0.05) is 30.3 Å². The van der Waals surface area contributed by atoms with Gasteiger partial charge in [-0.2, -0.15) is 4.31 Å². The van der Waals surface area contributed by atoms with Crippen LogP contribution in [0.3, 0.4) is 0 Å². The van der Waals surface area contributed by atoms with Gasteiger partial charge in [-0.3, -0.25) is 0 Å². The molecule has 0 atom stereocenters. The van der Waals surface area contributed by atoms with Gasteiger partial charge >= 0.3 is 5.97 Å². The fourth-order valence-corrected chi connectivity index (χ4v) is 4.70. The van der Waals surface area contributed by atoms with E-state index in [-0.39, 0.29) is 10.6 Å². The van der Waals surface area contributed by atoms with E-state index in [4.69, 9.17) is 5.11 Å². The van der Waals surface area contributed by atoms with Crippen LogP contribution in [0.4, 0.5) is 5.82 Å². The van der Waals surface area contributed by atoms with Crippen molar-refractivity contribution in [1.29, 1.82) is 0 Å². The van der Waals surface area contributed by atoms with Crippen molar-refractivity contribution in [2.24, 2.45) is 0 Å². The molecule has 1 aromatic heterocycles. The molecular formula is C19H18N4O4S. The van der Waals surface area contributed by atoms with Crippen LogP contribution in [0.25, 0.3) is 10.8 Å². The first-order valence-electron chi connectivity index (χ1n) is 8.76. The second kappa shape index (κ2) is 7.17. The summed E-state index contributed by atoms with van der Waals surface area (Å²) in [5.41, 5.74) is -0.124. The second-order valence-corrected chi connectivity index (χ2v) is 8.42. The highest BCUT2D eigenvalue weighted by atomic mass is 32.2. The van der Waals surface area contributed by atoms with E-state index in [0.717, 1.165) is 10.8 Å². The largest absolute Gasteiger partial charge is 0.476 e. The summed E-state index contributed by atoms with van der Waals surface area (Å²) in [5, 5.41) is 18.4. The molecule has 3 aromatic rings. The van der Waals surface area contributed by atoms with Crippen molar-refractivity contribution in [3.63, 3.8) is 0 Å². The predicted molar refractivity (Wildman–Crippen MR) is 104 cm³/mol.